The number of hydrogen-bond donors (Lipinski definition) is 1. The maximum absolute atomic E-state index is 13.4. The monoisotopic (exact) mass is 420 g/mol. The van der Waals surface area contributed by atoms with Gasteiger partial charge in [0, 0.05) is 30.4 Å². The van der Waals surface area contributed by atoms with Gasteiger partial charge in [-0.05, 0) is 56.2 Å². The highest BCUT2D eigenvalue weighted by Gasteiger charge is 2.27. The summed E-state index contributed by atoms with van der Waals surface area (Å²) < 4.78 is 14.2. The van der Waals surface area contributed by atoms with E-state index in [0.717, 1.165) is 40.7 Å². The molecular formula is C23H21FN4OS. The number of pyridine rings is 1. The molecule has 0 saturated carbocycles. The summed E-state index contributed by atoms with van der Waals surface area (Å²) >= 11 is 1.30. The number of halogens is 1. The third kappa shape index (κ3) is 3.61. The van der Waals surface area contributed by atoms with E-state index in [0.29, 0.717) is 17.2 Å². The summed E-state index contributed by atoms with van der Waals surface area (Å²) in [5.41, 5.74) is 3.97. The van der Waals surface area contributed by atoms with Crippen LogP contribution in [0.2, 0.25) is 0 Å². The fourth-order valence-corrected chi connectivity index (χ4v) is 4.98. The number of nitrogens with zero attached hydrogens (tertiary/aromatic N) is 3. The molecule has 1 aliphatic rings. The minimum absolute atomic E-state index is 0.0335. The number of amides is 1. The van der Waals surface area contributed by atoms with Crippen LogP contribution >= 0.6 is 11.3 Å². The van der Waals surface area contributed by atoms with Crippen LogP contribution in [0.4, 0.5) is 15.2 Å². The third-order valence-electron chi connectivity index (χ3n) is 5.59. The number of aromatic nitrogens is 2. The number of hydrogen-bond acceptors (Lipinski definition) is 5. The Balaban J connectivity index is 1.36. The van der Waals surface area contributed by atoms with Crippen LogP contribution in [-0.2, 0) is 4.79 Å². The van der Waals surface area contributed by atoms with E-state index in [1.807, 2.05) is 18.3 Å². The molecule has 3 heterocycles. The van der Waals surface area contributed by atoms with Crippen LogP contribution in [-0.4, -0.2) is 29.0 Å². The Kier molecular flexibility index (Phi) is 4.83. The Hall–Kier alpha value is -3.06. The summed E-state index contributed by atoms with van der Waals surface area (Å²) in [4.78, 5) is 24.1. The molecule has 0 aliphatic carbocycles. The number of aryl methyl sites for hydroxylation is 1. The van der Waals surface area contributed by atoms with Gasteiger partial charge in [-0.1, -0.05) is 23.0 Å². The summed E-state index contributed by atoms with van der Waals surface area (Å²) in [7, 11) is 0. The molecule has 1 aliphatic heterocycles. The molecule has 1 fully saturated rings. The van der Waals surface area contributed by atoms with Crippen molar-refractivity contribution in [2.24, 2.45) is 5.92 Å². The quantitative estimate of drug-likeness (QED) is 0.498. The van der Waals surface area contributed by atoms with Crippen LogP contribution in [0.15, 0.2) is 48.7 Å². The predicted molar refractivity (Wildman–Crippen MR) is 120 cm³/mol. The summed E-state index contributed by atoms with van der Waals surface area (Å²) in [5, 5.41) is 4.58. The number of carbonyl (C=O) groups is 1. The zero-order valence-corrected chi connectivity index (χ0v) is 17.4. The van der Waals surface area contributed by atoms with Gasteiger partial charge in [-0.2, -0.15) is 0 Å². The lowest BCUT2D eigenvalue weighted by molar-refractivity contribution is -0.120. The smallest absolute Gasteiger partial charge is 0.231 e. The lowest BCUT2D eigenvalue weighted by atomic mass is 9.96. The minimum atomic E-state index is -0.299. The second-order valence-electron chi connectivity index (χ2n) is 7.76. The van der Waals surface area contributed by atoms with Crippen molar-refractivity contribution in [2.75, 3.05) is 23.3 Å². The van der Waals surface area contributed by atoms with Crippen molar-refractivity contribution in [3.8, 4) is 0 Å². The fourth-order valence-electron chi connectivity index (χ4n) is 4.09. The van der Waals surface area contributed by atoms with Gasteiger partial charge in [0.05, 0.1) is 21.7 Å². The average molecular weight is 421 g/mol. The lowest BCUT2D eigenvalue weighted by Gasteiger charge is -2.34. The standard InChI is InChI=1S/C23H21FN4OS/c1-14-4-6-18-17(11-14)20(8-9-25-18)28-10-2-3-15(13-28)22(29)27-23-26-19-7-5-16(24)12-21(19)30-23/h4-9,11-12,15H,2-3,10,13H2,1H3,(H,26,27,29). The molecule has 5 rings (SSSR count). The predicted octanol–water partition coefficient (Wildman–Crippen LogP) is 5.15. The van der Waals surface area contributed by atoms with Crippen LogP contribution in [0.1, 0.15) is 18.4 Å². The first-order chi connectivity index (χ1) is 14.6. The normalized spacial score (nSPS) is 16.9. The third-order valence-corrected chi connectivity index (χ3v) is 6.52. The zero-order chi connectivity index (χ0) is 20.7. The van der Waals surface area contributed by atoms with Gasteiger partial charge in [0.1, 0.15) is 5.82 Å². The molecule has 0 radical (unpaired) electrons. The first-order valence-electron chi connectivity index (χ1n) is 10.0. The molecule has 1 N–H and O–H groups in total. The summed E-state index contributed by atoms with van der Waals surface area (Å²) in [6.07, 6.45) is 3.61. The molecule has 1 saturated heterocycles. The van der Waals surface area contributed by atoms with Crippen LogP contribution < -0.4 is 10.2 Å². The van der Waals surface area contributed by atoms with Crippen molar-refractivity contribution >= 4 is 49.2 Å². The highest BCUT2D eigenvalue weighted by molar-refractivity contribution is 7.22. The van der Waals surface area contributed by atoms with Crippen molar-refractivity contribution in [3.63, 3.8) is 0 Å². The summed E-state index contributed by atoms with van der Waals surface area (Å²) in [6, 6.07) is 12.8. The number of piperidine rings is 1. The van der Waals surface area contributed by atoms with Gasteiger partial charge in [0.2, 0.25) is 5.91 Å². The molecule has 5 nitrogen and oxygen atoms in total. The largest absolute Gasteiger partial charge is 0.370 e. The molecule has 0 bridgehead atoms. The van der Waals surface area contributed by atoms with Gasteiger partial charge >= 0.3 is 0 Å². The SMILES string of the molecule is Cc1ccc2nccc(N3CCCC(C(=O)Nc4nc5ccc(F)cc5s4)C3)c2c1. The Morgan fingerprint density at radius 1 is 1.20 bits per heavy atom. The molecule has 152 valence electrons. The van der Waals surface area contributed by atoms with E-state index in [1.54, 1.807) is 6.07 Å². The number of thiazole rings is 1. The average Bonchev–Trinajstić information content (AvgIpc) is 3.14. The van der Waals surface area contributed by atoms with Crippen molar-refractivity contribution in [1.29, 1.82) is 0 Å². The molecule has 7 heteroatoms. The van der Waals surface area contributed by atoms with Crippen LogP contribution in [0, 0.1) is 18.7 Å². The lowest BCUT2D eigenvalue weighted by Crippen LogP contribution is -2.40. The second-order valence-corrected chi connectivity index (χ2v) is 8.79. The summed E-state index contributed by atoms with van der Waals surface area (Å²) in [6.45, 7) is 3.64. The van der Waals surface area contributed by atoms with Crippen LogP contribution in [0.5, 0.6) is 0 Å². The van der Waals surface area contributed by atoms with Crippen molar-refractivity contribution in [2.45, 2.75) is 19.8 Å². The number of fused-ring (bicyclic) bond motifs is 2. The first kappa shape index (κ1) is 18.9. The second kappa shape index (κ2) is 7.65. The van der Waals surface area contributed by atoms with E-state index in [2.05, 4.69) is 39.2 Å². The number of anilines is 2. The molecule has 0 spiro atoms. The fraction of sp³-hybridized carbons (Fsp3) is 0.261. The number of nitrogens with one attached hydrogen (secondary N) is 1. The Bertz CT molecular complexity index is 1250. The Morgan fingerprint density at radius 2 is 2.07 bits per heavy atom. The van der Waals surface area contributed by atoms with E-state index in [9.17, 15) is 9.18 Å². The Labute approximate surface area is 177 Å². The molecule has 1 amide bonds. The van der Waals surface area contributed by atoms with Gasteiger partial charge < -0.3 is 10.2 Å². The number of benzene rings is 2. The van der Waals surface area contributed by atoms with E-state index < -0.39 is 0 Å². The van der Waals surface area contributed by atoms with E-state index >= 15 is 0 Å². The molecule has 30 heavy (non-hydrogen) atoms. The summed E-state index contributed by atoms with van der Waals surface area (Å²) in [5.74, 6) is -0.462. The van der Waals surface area contributed by atoms with Gasteiger partial charge in [0.15, 0.2) is 5.13 Å². The van der Waals surface area contributed by atoms with Gasteiger partial charge in [-0.25, -0.2) is 9.37 Å². The van der Waals surface area contributed by atoms with Crippen LogP contribution in [0.3, 0.4) is 0 Å². The van der Waals surface area contributed by atoms with E-state index in [1.165, 1.54) is 29.0 Å². The molecule has 2 aromatic carbocycles. The van der Waals surface area contributed by atoms with Gasteiger partial charge in [0.25, 0.3) is 0 Å². The minimum Gasteiger partial charge on any atom is -0.370 e. The maximum atomic E-state index is 13.4. The van der Waals surface area contributed by atoms with E-state index in [-0.39, 0.29) is 17.6 Å². The van der Waals surface area contributed by atoms with Crippen molar-refractivity contribution in [3.05, 3.63) is 60.0 Å². The molecule has 1 unspecified atom stereocenters. The van der Waals surface area contributed by atoms with E-state index in [4.69, 9.17) is 0 Å². The highest BCUT2D eigenvalue weighted by atomic mass is 32.1. The highest BCUT2D eigenvalue weighted by Crippen LogP contribution is 2.31. The van der Waals surface area contributed by atoms with Crippen molar-refractivity contribution < 1.29 is 9.18 Å². The number of carbonyl (C=O) groups excluding carboxylic acids is 1. The maximum Gasteiger partial charge on any atom is 0.231 e. The first-order valence-corrected chi connectivity index (χ1v) is 10.9. The number of rotatable bonds is 3. The molecule has 1 atom stereocenters. The van der Waals surface area contributed by atoms with Gasteiger partial charge in [-0.3, -0.25) is 9.78 Å². The molecule has 4 aromatic rings. The Morgan fingerprint density at radius 3 is 2.97 bits per heavy atom. The zero-order valence-electron chi connectivity index (χ0n) is 16.6. The molecular weight excluding hydrogens is 399 g/mol. The van der Waals surface area contributed by atoms with Gasteiger partial charge in [-0.15, -0.1) is 0 Å². The van der Waals surface area contributed by atoms with Crippen molar-refractivity contribution in [1.82, 2.24) is 9.97 Å². The molecule has 2 aromatic heterocycles. The topological polar surface area (TPSA) is 58.1 Å². The van der Waals surface area contributed by atoms with Crippen LogP contribution in [0.25, 0.3) is 21.1 Å².